The predicted molar refractivity (Wildman–Crippen MR) is 65.8 cm³/mol. The molecule has 2 N–H and O–H groups in total. The van der Waals surface area contributed by atoms with E-state index in [1.165, 1.54) is 0 Å². The second kappa shape index (κ2) is 4.37. The van der Waals surface area contributed by atoms with Crippen molar-refractivity contribution >= 4 is 5.69 Å². The number of hydrogen-bond donors (Lipinski definition) is 1. The number of ether oxygens (including phenoxy) is 2. The maximum atomic E-state index is 5.77. The number of rotatable bonds is 3. The first kappa shape index (κ1) is 11.3. The fourth-order valence-electron chi connectivity index (χ4n) is 1.64. The minimum absolute atomic E-state index is 0.665. The van der Waals surface area contributed by atoms with Gasteiger partial charge >= 0.3 is 0 Å². The van der Waals surface area contributed by atoms with Crippen LogP contribution in [-0.4, -0.2) is 24.0 Å². The summed E-state index contributed by atoms with van der Waals surface area (Å²) < 4.78 is 12.2. The third-order valence-electron chi connectivity index (χ3n) is 2.66. The van der Waals surface area contributed by atoms with Crippen molar-refractivity contribution in [1.82, 2.24) is 9.78 Å². The van der Waals surface area contributed by atoms with Crippen molar-refractivity contribution in [3.8, 4) is 17.2 Å². The molecule has 1 aromatic heterocycles. The highest BCUT2D eigenvalue weighted by Gasteiger charge is 2.09. The summed E-state index contributed by atoms with van der Waals surface area (Å²) in [6.07, 6.45) is 1.63. The number of anilines is 1. The lowest BCUT2D eigenvalue weighted by atomic mass is 10.2. The van der Waals surface area contributed by atoms with Gasteiger partial charge in [-0.25, -0.2) is 4.68 Å². The summed E-state index contributed by atoms with van der Waals surface area (Å²) >= 11 is 0. The third-order valence-corrected chi connectivity index (χ3v) is 2.66. The van der Waals surface area contributed by atoms with Gasteiger partial charge in [0.25, 0.3) is 0 Å². The van der Waals surface area contributed by atoms with Crippen LogP contribution < -0.4 is 15.2 Å². The van der Waals surface area contributed by atoms with Crippen LogP contribution in [0.3, 0.4) is 0 Å². The molecule has 90 valence electrons. The van der Waals surface area contributed by atoms with E-state index in [4.69, 9.17) is 15.2 Å². The van der Waals surface area contributed by atoms with Crippen LogP contribution in [-0.2, 0) is 0 Å². The topological polar surface area (TPSA) is 62.3 Å². The highest BCUT2D eigenvalue weighted by Crippen LogP contribution is 2.29. The zero-order chi connectivity index (χ0) is 12.4. The number of nitrogen functional groups attached to an aromatic ring is 1. The van der Waals surface area contributed by atoms with Crippen LogP contribution in [0.5, 0.6) is 11.5 Å². The molecule has 0 bridgehead atoms. The fourth-order valence-corrected chi connectivity index (χ4v) is 1.64. The number of nitrogens with zero attached hydrogens (tertiary/aromatic N) is 2. The molecule has 0 aliphatic rings. The molecule has 0 aliphatic carbocycles. The van der Waals surface area contributed by atoms with E-state index in [1.54, 1.807) is 25.1 Å². The summed E-state index contributed by atoms with van der Waals surface area (Å²) in [7, 11) is 3.21. The molecule has 0 spiro atoms. The Hall–Kier alpha value is -2.17. The smallest absolute Gasteiger partial charge is 0.162 e. The molecule has 0 unspecified atom stereocenters. The molecule has 5 nitrogen and oxygen atoms in total. The normalized spacial score (nSPS) is 10.3. The van der Waals surface area contributed by atoms with Gasteiger partial charge in [-0.05, 0) is 19.1 Å². The minimum Gasteiger partial charge on any atom is -0.493 e. The van der Waals surface area contributed by atoms with Gasteiger partial charge in [-0.3, -0.25) is 0 Å². The zero-order valence-corrected chi connectivity index (χ0v) is 10.1. The third kappa shape index (κ3) is 1.91. The molecule has 2 aromatic rings. The van der Waals surface area contributed by atoms with Crippen LogP contribution in [0.1, 0.15) is 5.69 Å². The van der Waals surface area contributed by atoms with Gasteiger partial charge in [0.05, 0.1) is 37.5 Å². The summed E-state index contributed by atoms with van der Waals surface area (Å²) in [4.78, 5) is 0. The van der Waals surface area contributed by atoms with Crippen molar-refractivity contribution in [2.45, 2.75) is 6.92 Å². The predicted octanol–water partition coefficient (Wildman–Crippen LogP) is 1.78. The van der Waals surface area contributed by atoms with Crippen LogP contribution >= 0.6 is 0 Å². The van der Waals surface area contributed by atoms with Gasteiger partial charge in [-0.1, -0.05) is 0 Å². The lowest BCUT2D eigenvalue weighted by Gasteiger charge is -2.10. The lowest BCUT2D eigenvalue weighted by molar-refractivity contribution is 0.354. The first-order valence-corrected chi connectivity index (χ1v) is 5.20. The van der Waals surface area contributed by atoms with Gasteiger partial charge < -0.3 is 15.2 Å². The van der Waals surface area contributed by atoms with E-state index >= 15 is 0 Å². The quantitative estimate of drug-likeness (QED) is 0.877. The molecule has 2 rings (SSSR count). The summed E-state index contributed by atoms with van der Waals surface area (Å²) in [6.45, 7) is 1.92. The SMILES string of the molecule is COc1ccc(-n2ncc(N)c2C)cc1OC. The maximum Gasteiger partial charge on any atom is 0.162 e. The van der Waals surface area contributed by atoms with Gasteiger partial charge in [0, 0.05) is 6.07 Å². The lowest BCUT2D eigenvalue weighted by Crippen LogP contribution is -2.01. The molecule has 0 amide bonds. The van der Waals surface area contributed by atoms with Crippen LogP contribution in [0.25, 0.3) is 5.69 Å². The van der Waals surface area contributed by atoms with Gasteiger partial charge in [0.15, 0.2) is 11.5 Å². The molecule has 1 heterocycles. The molecule has 5 heteroatoms. The average Bonchev–Trinajstić information content (AvgIpc) is 2.69. The number of nitrogens with two attached hydrogens (primary N) is 1. The Balaban J connectivity index is 2.50. The second-order valence-corrected chi connectivity index (χ2v) is 3.64. The summed E-state index contributed by atoms with van der Waals surface area (Å²) in [5, 5.41) is 4.21. The number of aromatic nitrogens is 2. The summed E-state index contributed by atoms with van der Waals surface area (Å²) in [5.74, 6) is 1.35. The molecule has 17 heavy (non-hydrogen) atoms. The summed E-state index contributed by atoms with van der Waals surface area (Å²) in [6, 6.07) is 5.60. The maximum absolute atomic E-state index is 5.77. The standard InChI is InChI=1S/C12H15N3O2/c1-8-10(13)7-14-15(8)9-4-5-11(16-2)12(6-9)17-3/h4-7H,13H2,1-3H3. The monoisotopic (exact) mass is 233 g/mol. The van der Waals surface area contributed by atoms with Crippen molar-refractivity contribution < 1.29 is 9.47 Å². The number of benzene rings is 1. The Morgan fingerprint density at radius 3 is 2.41 bits per heavy atom. The number of hydrogen-bond acceptors (Lipinski definition) is 4. The molecule has 0 aliphatic heterocycles. The second-order valence-electron chi connectivity index (χ2n) is 3.64. The van der Waals surface area contributed by atoms with Gasteiger partial charge in [-0.2, -0.15) is 5.10 Å². The molecule has 0 saturated carbocycles. The molecular weight excluding hydrogens is 218 g/mol. The molecule has 1 aromatic carbocycles. The Morgan fingerprint density at radius 2 is 1.88 bits per heavy atom. The van der Waals surface area contributed by atoms with E-state index in [0.29, 0.717) is 17.2 Å². The molecule has 0 fully saturated rings. The van der Waals surface area contributed by atoms with Crippen LogP contribution in [0, 0.1) is 6.92 Å². The van der Waals surface area contributed by atoms with Gasteiger partial charge in [0.1, 0.15) is 0 Å². The molecule has 0 radical (unpaired) electrons. The van der Waals surface area contributed by atoms with Crippen LogP contribution in [0.15, 0.2) is 24.4 Å². The largest absolute Gasteiger partial charge is 0.493 e. The van der Waals surface area contributed by atoms with Crippen molar-refractivity contribution in [2.75, 3.05) is 20.0 Å². The number of methoxy groups -OCH3 is 2. The van der Waals surface area contributed by atoms with Crippen molar-refractivity contribution in [3.63, 3.8) is 0 Å². The van der Waals surface area contributed by atoms with Crippen molar-refractivity contribution in [1.29, 1.82) is 0 Å². The van der Waals surface area contributed by atoms with Crippen LogP contribution in [0.4, 0.5) is 5.69 Å². The molecule has 0 atom stereocenters. The first-order valence-electron chi connectivity index (χ1n) is 5.20. The highest BCUT2D eigenvalue weighted by molar-refractivity contribution is 5.51. The van der Waals surface area contributed by atoms with Gasteiger partial charge in [-0.15, -0.1) is 0 Å². The van der Waals surface area contributed by atoms with Crippen LogP contribution in [0.2, 0.25) is 0 Å². The Bertz CT molecular complexity index is 535. The van der Waals surface area contributed by atoms with Crippen molar-refractivity contribution in [2.24, 2.45) is 0 Å². The summed E-state index contributed by atoms with van der Waals surface area (Å²) in [5.41, 5.74) is 8.22. The van der Waals surface area contributed by atoms with Crippen molar-refractivity contribution in [3.05, 3.63) is 30.1 Å². The van der Waals surface area contributed by atoms with E-state index in [9.17, 15) is 0 Å². The fraction of sp³-hybridized carbons (Fsp3) is 0.250. The highest BCUT2D eigenvalue weighted by atomic mass is 16.5. The minimum atomic E-state index is 0.665. The Morgan fingerprint density at radius 1 is 1.18 bits per heavy atom. The Labute approximate surface area is 99.8 Å². The van der Waals surface area contributed by atoms with Gasteiger partial charge in [0.2, 0.25) is 0 Å². The first-order chi connectivity index (χ1) is 8.17. The van der Waals surface area contributed by atoms with E-state index < -0.39 is 0 Å². The zero-order valence-electron chi connectivity index (χ0n) is 10.1. The molecule has 0 saturated heterocycles. The van der Waals surface area contributed by atoms with E-state index in [-0.39, 0.29) is 0 Å². The Kier molecular flexibility index (Phi) is 2.91. The molecular formula is C12H15N3O2. The van der Waals surface area contributed by atoms with E-state index in [0.717, 1.165) is 11.4 Å². The van der Waals surface area contributed by atoms with E-state index in [2.05, 4.69) is 5.10 Å². The average molecular weight is 233 g/mol. The van der Waals surface area contributed by atoms with E-state index in [1.807, 2.05) is 25.1 Å².